The van der Waals surface area contributed by atoms with E-state index in [1.165, 1.54) is 0 Å². The number of likely N-dealkylation sites (tertiary alicyclic amines) is 1. The average Bonchev–Trinajstić information content (AvgIpc) is 3.36. The fourth-order valence-electron chi connectivity index (χ4n) is 4.82. The van der Waals surface area contributed by atoms with Gasteiger partial charge >= 0.3 is 0 Å². The second-order valence-electron chi connectivity index (χ2n) is 10.4. The summed E-state index contributed by atoms with van der Waals surface area (Å²) in [6, 6.07) is 22.6. The third-order valence-corrected chi connectivity index (χ3v) is 7.08. The van der Waals surface area contributed by atoms with Crippen LogP contribution in [0.25, 0.3) is 33.8 Å². The molecule has 0 saturated carbocycles. The predicted molar refractivity (Wildman–Crippen MR) is 150 cm³/mol. The highest BCUT2D eigenvalue weighted by Crippen LogP contribution is 2.33. The normalized spacial score (nSPS) is 14.7. The molecule has 1 saturated heterocycles. The lowest BCUT2D eigenvalue weighted by Gasteiger charge is -2.29. The largest absolute Gasteiger partial charge is 0.349 e. The smallest absolute Gasteiger partial charge is 0.251 e. The van der Waals surface area contributed by atoms with E-state index < -0.39 is 0 Å². The number of carbonyl (C=O) groups is 1. The standard InChI is InChI=1S/C31H35N5O/c1-20(2)30-34-28(29(35-30)27-10-5-7-21(3)32-27)25-9-6-8-24(19-25)22-11-13-23(14-12-22)31(37)33-26-15-17-36(4)18-16-26/h5-14,19-20,26H,15-18H2,1-4H3,(H,33,37)(H,34,35). The van der Waals surface area contributed by atoms with Crippen LogP contribution in [0, 0.1) is 6.92 Å². The minimum absolute atomic E-state index is 0.00267. The number of pyridine rings is 1. The first-order valence-corrected chi connectivity index (χ1v) is 13.1. The van der Waals surface area contributed by atoms with Crippen molar-refractivity contribution < 1.29 is 4.79 Å². The maximum absolute atomic E-state index is 12.8. The third kappa shape index (κ3) is 5.65. The van der Waals surface area contributed by atoms with E-state index in [4.69, 9.17) is 9.97 Å². The van der Waals surface area contributed by atoms with Crippen LogP contribution >= 0.6 is 0 Å². The van der Waals surface area contributed by atoms with E-state index in [-0.39, 0.29) is 17.9 Å². The molecule has 0 spiro atoms. The Morgan fingerprint density at radius 3 is 2.35 bits per heavy atom. The number of aromatic nitrogens is 3. The maximum atomic E-state index is 12.8. The van der Waals surface area contributed by atoms with Crippen LogP contribution in [-0.2, 0) is 0 Å². The van der Waals surface area contributed by atoms with Gasteiger partial charge in [0, 0.05) is 28.8 Å². The average molecular weight is 494 g/mol. The Morgan fingerprint density at radius 1 is 0.946 bits per heavy atom. The zero-order valence-electron chi connectivity index (χ0n) is 22.1. The van der Waals surface area contributed by atoms with Crippen molar-refractivity contribution in [2.75, 3.05) is 20.1 Å². The Bertz CT molecular complexity index is 1380. The van der Waals surface area contributed by atoms with Crippen molar-refractivity contribution in [3.05, 3.63) is 83.8 Å². The summed E-state index contributed by atoms with van der Waals surface area (Å²) in [6.07, 6.45) is 2.00. The van der Waals surface area contributed by atoms with Crippen molar-refractivity contribution in [3.8, 4) is 33.8 Å². The van der Waals surface area contributed by atoms with Crippen LogP contribution in [0.2, 0.25) is 0 Å². The molecule has 1 fully saturated rings. The van der Waals surface area contributed by atoms with E-state index in [0.29, 0.717) is 5.56 Å². The number of piperidine rings is 1. The van der Waals surface area contributed by atoms with Gasteiger partial charge < -0.3 is 15.2 Å². The van der Waals surface area contributed by atoms with E-state index in [0.717, 1.165) is 71.2 Å². The summed E-state index contributed by atoms with van der Waals surface area (Å²) in [5.74, 6) is 1.22. The fourth-order valence-corrected chi connectivity index (χ4v) is 4.82. The van der Waals surface area contributed by atoms with Gasteiger partial charge in [0.05, 0.1) is 17.1 Å². The van der Waals surface area contributed by atoms with Crippen LogP contribution in [0.3, 0.4) is 0 Å². The molecule has 5 rings (SSSR count). The second kappa shape index (κ2) is 10.7. The molecule has 0 unspecified atom stereocenters. The number of carbonyl (C=O) groups excluding carboxylic acids is 1. The van der Waals surface area contributed by atoms with Gasteiger partial charge in [-0.05, 0) is 81.4 Å². The Balaban J connectivity index is 1.40. The molecule has 2 aromatic carbocycles. The molecule has 190 valence electrons. The molecule has 37 heavy (non-hydrogen) atoms. The zero-order valence-corrected chi connectivity index (χ0v) is 22.1. The third-order valence-electron chi connectivity index (χ3n) is 7.08. The van der Waals surface area contributed by atoms with Crippen molar-refractivity contribution in [1.82, 2.24) is 25.2 Å². The Labute approximate surface area is 219 Å². The summed E-state index contributed by atoms with van der Waals surface area (Å²) in [5, 5.41) is 3.20. The van der Waals surface area contributed by atoms with E-state index >= 15 is 0 Å². The van der Waals surface area contributed by atoms with Crippen molar-refractivity contribution in [2.24, 2.45) is 0 Å². The molecule has 2 N–H and O–H groups in total. The molecule has 6 nitrogen and oxygen atoms in total. The number of nitrogens with one attached hydrogen (secondary N) is 2. The zero-order chi connectivity index (χ0) is 25.9. The number of imidazole rings is 1. The molecule has 0 bridgehead atoms. The van der Waals surface area contributed by atoms with E-state index in [1.54, 1.807) is 0 Å². The predicted octanol–water partition coefficient (Wildman–Crippen LogP) is 6.06. The molecule has 6 heteroatoms. The molecule has 4 aromatic rings. The molecular weight excluding hydrogens is 458 g/mol. The van der Waals surface area contributed by atoms with Gasteiger partial charge in [-0.25, -0.2) is 4.98 Å². The number of aromatic amines is 1. The Hall–Kier alpha value is -3.77. The van der Waals surface area contributed by atoms with Gasteiger partial charge in [-0.3, -0.25) is 9.78 Å². The van der Waals surface area contributed by atoms with Crippen LogP contribution in [0.5, 0.6) is 0 Å². The minimum atomic E-state index is 0.00267. The molecule has 1 aliphatic rings. The summed E-state index contributed by atoms with van der Waals surface area (Å²) >= 11 is 0. The van der Waals surface area contributed by atoms with Gasteiger partial charge in [0.1, 0.15) is 5.82 Å². The van der Waals surface area contributed by atoms with E-state index in [1.807, 2.05) is 49.4 Å². The van der Waals surface area contributed by atoms with Crippen molar-refractivity contribution in [3.63, 3.8) is 0 Å². The molecule has 3 heterocycles. The lowest BCUT2D eigenvalue weighted by Crippen LogP contribution is -2.43. The van der Waals surface area contributed by atoms with Crippen molar-refractivity contribution >= 4 is 5.91 Å². The Morgan fingerprint density at radius 2 is 1.65 bits per heavy atom. The summed E-state index contributed by atoms with van der Waals surface area (Å²) < 4.78 is 0. The lowest BCUT2D eigenvalue weighted by molar-refractivity contribution is 0.0917. The number of H-pyrrole nitrogens is 1. The molecule has 0 radical (unpaired) electrons. The minimum Gasteiger partial charge on any atom is -0.349 e. The van der Waals surface area contributed by atoms with Gasteiger partial charge in [-0.15, -0.1) is 0 Å². The number of hydrogen-bond acceptors (Lipinski definition) is 4. The molecule has 2 aromatic heterocycles. The summed E-state index contributed by atoms with van der Waals surface area (Å²) in [4.78, 5) is 28.3. The number of nitrogens with zero attached hydrogens (tertiary/aromatic N) is 3. The summed E-state index contributed by atoms with van der Waals surface area (Å²) in [7, 11) is 2.13. The van der Waals surface area contributed by atoms with Gasteiger partial charge in [-0.1, -0.05) is 50.2 Å². The first kappa shape index (κ1) is 24.9. The molecule has 1 aliphatic heterocycles. The quantitative estimate of drug-likeness (QED) is 0.342. The van der Waals surface area contributed by atoms with Crippen LogP contribution in [0.15, 0.2) is 66.7 Å². The first-order valence-electron chi connectivity index (χ1n) is 13.1. The fraction of sp³-hybridized carbons (Fsp3) is 0.323. The van der Waals surface area contributed by atoms with E-state index in [2.05, 4.69) is 60.4 Å². The molecule has 1 amide bonds. The first-order chi connectivity index (χ1) is 17.9. The lowest BCUT2D eigenvalue weighted by atomic mass is 9.99. The maximum Gasteiger partial charge on any atom is 0.251 e. The number of rotatable bonds is 6. The van der Waals surface area contributed by atoms with Gasteiger partial charge in [0.2, 0.25) is 0 Å². The number of hydrogen-bond donors (Lipinski definition) is 2. The number of amides is 1. The topological polar surface area (TPSA) is 73.9 Å². The van der Waals surface area contributed by atoms with E-state index in [9.17, 15) is 4.79 Å². The highest BCUT2D eigenvalue weighted by atomic mass is 16.1. The SMILES string of the molecule is Cc1cccc(-c2[nH]c(C(C)C)nc2-c2cccc(-c3ccc(C(=O)NC4CCN(C)CC4)cc3)c2)n1. The number of benzene rings is 2. The van der Waals surface area contributed by atoms with Crippen LogP contribution in [-0.4, -0.2) is 51.9 Å². The highest BCUT2D eigenvalue weighted by Gasteiger charge is 2.20. The van der Waals surface area contributed by atoms with Gasteiger partial charge in [0.15, 0.2) is 0 Å². The summed E-state index contributed by atoms with van der Waals surface area (Å²) in [6.45, 7) is 8.32. The molecular formula is C31H35N5O. The Kier molecular flexibility index (Phi) is 7.19. The molecule has 0 aliphatic carbocycles. The van der Waals surface area contributed by atoms with Gasteiger partial charge in [0.25, 0.3) is 5.91 Å². The van der Waals surface area contributed by atoms with Crippen molar-refractivity contribution in [2.45, 2.75) is 45.6 Å². The second-order valence-corrected chi connectivity index (χ2v) is 10.4. The van der Waals surface area contributed by atoms with Crippen LogP contribution in [0.1, 0.15) is 54.5 Å². The highest BCUT2D eigenvalue weighted by molar-refractivity contribution is 5.95. The van der Waals surface area contributed by atoms with Crippen LogP contribution < -0.4 is 5.32 Å². The van der Waals surface area contributed by atoms with Crippen molar-refractivity contribution in [1.29, 1.82) is 0 Å². The van der Waals surface area contributed by atoms with Gasteiger partial charge in [-0.2, -0.15) is 0 Å². The summed E-state index contributed by atoms with van der Waals surface area (Å²) in [5.41, 5.74) is 7.56. The number of aryl methyl sites for hydroxylation is 1. The van der Waals surface area contributed by atoms with Crippen LogP contribution in [0.4, 0.5) is 0 Å². The monoisotopic (exact) mass is 493 g/mol. The molecule has 0 atom stereocenters.